The fraction of sp³-hybridized carbons (Fsp3) is 1.00. The van der Waals surface area contributed by atoms with Gasteiger partial charge >= 0.3 is 0 Å². The second-order valence-corrected chi connectivity index (χ2v) is 3.24. The molecule has 0 aromatic rings. The molecule has 1 aliphatic rings. The summed E-state index contributed by atoms with van der Waals surface area (Å²) in [5.74, 6) is 5.70. The van der Waals surface area contributed by atoms with Gasteiger partial charge < -0.3 is 0 Å². The Balaban J connectivity index is 2.14. The van der Waals surface area contributed by atoms with E-state index in [1.165, 1.54) is 19.3 Å². The standard InChI is InChI=1S/C8H17NO2/c1-2-7-3-5-8(6-4-7)10-11-9/h7-8H,2-6,9H2,1H3. The average Bonchev–Trinajstić information content (AvgIpc) is 2.07. The molecule has 0 bridgehead atoms. The van der Waals surface area contributed by atoms with Crippen molar-refractivity contribution in [3.8, 4) is 0 Å². The third-order valence-corrected chi connectivity index (χ3v) is 2.56. The predicted octanol–water partition coefficient (Wildman–Crippen LogP) is 1.78. The molecule has 0 spiro atoms. The van der Waals surface area contributed by atoms with E-state index in [2.05, 4.69) is 11.9 Å². The van der Waals surface area contributed by atoms with Crippen molar-refractivity contribution in [3.63, 3.8) is 0 Å². The highest BCUT2D eigenvalue weighted by Crippen LogP contribution is 2.27. The lowest BCUT2D eigenvalue weighted by Crippen LogP contribution is -2.22. The Bertz CT molecular complexity index is 100. The van der Waals surface area contributed by atoms with Crippen molar-refractivity contribution in [1.82, 2.24) is 0 Å². The monoisotopic (exact) mass is 159 g/mol. The van der Waals surface area contributed by atoms with Crippen LogP contribution in [0.2, 0.25) is 0 Å². The number of rotatable bonds is 3. The SMILES string of the molecule is CCC1CCC(OON)CC1. The second kappa shape index (κ2) is 4.70. The summed E-state index contributed by atoms with van der Waals surface area (Å²) in [5.41, 5.74) is 0. The average molecular weight is 159 g/mol. The van der Waals surface area contributed by atoms with Crippen LogP contribution in [0.15, 0.2) is 0 Å². The van der Waals surface area contributed by atoms with Gasteiger partial charge in [0.1, 0.15) is 0 Å². The molecular formula is C8H17NO2. The van der Waals surface area contributed by atoms with Crippen molar-refractivity contribution in [2.75, 3.05) is 0 Å². The second-order valence-electron chi connectivity index (χ2n) is 3.24. The van der Waals surface area contributed by atoms with Crippen molar-refractivity contribution >= 4 is 0 Å². The maximum absolute atomic E-state index is 4.85. The summed E-state index contributed by atoms with van der Waals surface area (Å²) in [7, 11) is 0. The molecule has 1 saturated carbocycles. The van der Waals surface area contributed by atoms with Gasteiger partial charge in [-0.05, 0) is 31.6 Å². The lowest BCUT2D eigenvalue weighted by Gasteiger charge is -2.25. The molecule has 0 amide bonds. The summed E-state index contributed by atoms with van der Waals surface area (Å²) in [4.78, 5) is 9.00. The van der Waals surface area contributed by atoms with Crippen LogP contribution in [0.1, 0.15) is 39.0 Å². The molecule has 3 heteroatoms. The Hall–Kier alpha value is -0.120. The van der Waals surface area contributed by atoms with E-state index in [0.29, 0.717) is 0 Å². The van der Waals surface area contributed by atoms with E-state index in [4.69, 9.17) is 10.8 Å². The van der Waals surface area contributed by atoms with Crippen molar-refractivity contribution in [2.45, 2.75) is 45.1 Å². The first-order valence-corrected chi connectivity index (χ1v) is 4.39. The summed E-state index contributed by atoms with van der Waals surface area (Å²) in [5, 5.41) is 0. The molecule has 66 valence electrons. The molecule has 1 aliphatic carbocycles. The molecule has 0 aromatic carbocycles. The molecule has 0 radical (unpaired) electrons. The van der Waals surface area contributed by atoms with Gasteiger partial charge in [0.2, 0.25) is 0 Å². The Kier molecular flexibility index (Phi) is 3.83. The molecule has 0 atom stereocenters. The van der Waals surface area contributed by atoms with Crippen molar-refractivity contribution in [1.29, 1.82) is 0 Å². The third-order valence-electron chi connectivity index (χ3n) is 2.56. The minimum atomic E-state index is 0.239. The molecule has 3 nitrogen and oxygen atoms in total. The van der Waals surface area contributed by atoms with Gasteiger partial charge in [-0.25, -0.2) is 4.89 Å². The van der Waals surface area contributed by atoms with Crippen LogP contribution in [0, 0.1) is 5.92 Å². The number of hydrogen-bond donors (Lipinski definition) is 1. The fourth-order valence-corrected chi connectivity index (χ4v) is 1.71. The maximum Gasteiger partial charge on any atom is 0.0950 e. The van der Waals surface area contributed by atoms with Crippen LogP contribution < -0.4 is 5.90 Å². The first kappa shape index (κ1) is 8.97. The third kappa shape index (κ3) is 2.77. The van der Waals surface area contributed by atoms with E-state index in [-0.39, 0.29) is 6.10 Å². The predicted molar refractivity (Wildman–Crippen MR) is 42.4 cm³/mol. The highest BCUT2D eigenvalue weighted by atomic mass is 17.3. The molecule has 0 heterocycles. The highest BCUT2D eigenvalue weighted by Gasteiger charge is 2.20. The number of nitrogens with two attached hydrogens (primary N) is 1. The summed E-state index contributed by atoms with van der Waals surface area (Å²) in [6.45, 7) is 2.24. The molecular weight excluding hydrogens is 142 g/mol. The van der Waals surface area contributed by atoms with Crippen molar-refractivity contribution < 1.29 is 9.88 Å². The van der Waals surface area contributed by atoms with E-state index in [1.807, 2.05) is 0 Å². The smallest absolute Gasteiger partial charge is 0.0950 e. The van der Waals surface area contributed by atoms with E-state index in [9.17, 15) is 0 Å². The van der Waals surface area contributed by atoms with E-state index >= 15 is 0 Å². The first-order valence-electron chi connectivity index (χ1n) is 4.39. The van der Waals surface area contributed by atoms with Gasteiger partial charge in [-0.1, -0.05) is 13.3 Å². The quantitative estimate of drug-likeness (QED) is 0.504. The summed E-state index contributed by atoms with van der Waals surface area (Å²) < 4.78 is 0. The zero-order valence-corrected chi connectivity index (χ0v) is 7.08. The molecule has 0 unspecified atom stereocenters. The normalized spacial score (nSPS) is 32.2. The lowest BCUT2D eigenvalue weighted by atomic mass is 9.86. The minimum absolute atomic E-state index is 0.239. The topological polar surface area (TPSA) is 44.5 Å². The molecule has 1 fully saturated rings. The number of hydrogen-bond acceptors (Lipinski definition) is 3. The van der Waals surface area contributed by atoms with Gasteiger partial charge in [0.15, 0.2) is 0 Å². The van der Waals surface area contributed by atoms with E-state index < -0.39 is 0 Å². The van der Waals surface area contributed by atoms with Gasteiger partial charge in [0.05, 0.1) is 6.10 Å². The zero-order chi connectivity index (χ0) is 8.10. The Morgan fingerprint density at radius 3 is 2.36 bits per heavy atom. The molecule has 0 aliphatic heterocycles. The molecule has 0 aromatic heterocycles. The van der Waals surface area contributed by atoms with Crippen molar-refractivity contribution in [3.05, 3.63) is 0 Å². The zero-order valence-electron chi connectivity index (χ0n) is 7.08. The Morgan fingerprint density at radius 2 is 1.91 bits per heavy atom. The maximum atomic E-state index is 4.85. The van der Waals surface area contributed by atoms with Crippen LogP contribution in [-0.4, -0.2) is 6.10 Å². The van der Waals surface area contributed by atoms with Gasteiger partial charge in [0, 0.05) is 0 Å². The highest BCUT2D eigenvalue weighted by molar-refractivity contribution is 4.70. The van der Waals surface area contributed by atoms with Crippen LogP contribution in [0.5, 0.6) is 0 Å². The lowest BCUT2D eigenvalue weighted by molar-refractivity contribution is -0.334. The molecule has 1 rings (SSSR count). The van der Waals surface area contributed by atoms with Crippen LogP contribution in [0.25, 0.3) is 0 Å². The largest absolute Gasteiger partial charge is 0.215 e. The van der Waals surface area contributed by atoms with Crippen LogP contribution in [0.4, 0.5) is 0 Å². The summed E-state index contributed by atoms with van der Waals surface area (Å²) in [6.07, 6.45) is 6.22. The Labute approximate surface area is 67.7 Å². The van der Waals surface area contributed by atoms with Gasteiger partial charge in [0.25, 0.3) is 0 Å². The van der Waals surface area contributed by atoms with E-state index in [1.54, 1.807) is 0 Å². The van der Waals surface area contributed by atoms with Crippen LogP contribution in [0.3, 0.4) is 0 Å². The first-order chi connectivity index (χ1) is 5.36. The molecule has 0 saturated heterocycles. The summed E-state index contributed by atoms with van der Waals surface area (Å²) >= 11 is 0. The summed E-state index contributed by atoms with van der Waals surface area (Å²) in [6, 6.07) is 0. The molecule has 2 N–H and O–H groups in total. The minimum Gasteiger partial charge on any atom is -0.215 e. The van der Waals surface area contributed by atoms with E-state index in [0.717, 1.165) is 18.8 Å². The fourth-order valence-electron chi connectivity index (χ4n) is 1.71. The van der Waals surface area contributed by atoms with Gasteiger partial charge in [-0.2, -0.15) is 5.90 Å². The Morgan fingerprint density at radius 1 is 1.27 bits per heavy atom. The van der Waals surface area contributed by atoms with Gasteiger partial charge in [-0.15, -0.1) is 4.99 Å². The van der Waals surface area contributed by atoms with Crippen LogP contribution >= 0.6 is 0 Å². The van der Waals surface area contributed by atoms with Gasteiger partial charge in [-0.3, -0.25) is 0 Å². The van der Waals surface area contributed by atoms with Crippen molar-refractivity contribution in [2.24, 2.45) is 11.8 Å². The van der Waals surface area contributed by atoms with Crippen LogP contribution in [-0.2, 0) is 9.88 Å². The molecule has 11 heavy (non-hydrogen) atoms.